The summed E-state index contributed by atoms with van der Waals surface area (Å²) in [6.07, 6.45) is 5.92. The highest BCUT2D eigenvalue weighted by atomic mass is 35.5. The summed E-state index contributed by atoms with van der Waals surface area (Å²) in [5.41, 5.74) is 23.8. The third-order valence-corrected chi connectivity index (χ3v) is 5.51. The van der Waals surface area contributed by atoms with Crippen molar-refractivity contribution >= 4 is 23.3 Å². The summed E-state index contributed by atoms with van der Waals surface area (Å²) in [6, 6.07) is 8.16. The van der Waals surface area contributed by atoms with Gasteiger partial charge < -0.3 is 27.7 Å². The maximum absolute atomic E-state index is 11.5. The number of carbonyl (C=O) groups excluding carboxylic acids is 1. The maximum Gasteiger partial charge on any atom is 0.269 e. The van der Waals surface area contributed by atoms with Crippen LogP contribution in [0.3, 0.4) is 0 Å². The zero-order valence-corrected chi connectivity index (χ0v) is 20.9. The van der Waals surface area contributed by atoms with Crippen molar-refractivity contribution in [2.45, 2.75) is 32.1 Å². The van der Waals surface area contributed by atoms with Gasteiger partial charge in [-0.25, -0.2) is 9.97 Å². The van der Waals surface area contributed by atoms with Crippen LogP contribution in [0.15, 0.2) is 35.5 Å². The summed E-state index contributed by atoms with van der Waals surface area (Å²) in [4.78, 5) is 26.1. The number of halogens is 1. The molecule has 0 atom stereocenters. The smallest absolute Gasteiger partial charge is 0.269 e. The van der Waals surface area contributed by atoms with Gasteiger partial charge in [0.15, 0.2) is 5.69 Å². The van der Waals surface area contributed by atoms with E-state index in [4.69, 9.17) is 39.3 Å². The summed E-state index contributed by atoms with van der Waals surface area (Å²) >= 11 is 5.77. The molecule has 0 bridgehead atoms. The highest BCUT2D eigenvalue weighted by molar-refractivity contribution is 6.29. The summed E-state index contributed by atoms with van der Waals surface area (Å²) in [5, 5.41) is 0.0683. The number of primary amides is 1. The van der Waals surface area contributed by atoms with Crippen molar-refractivity contribution in [2.75, 3.05) is 45.9 Å². The molecule has 8 N–H and O–H groups in total. The molecule has 11 heteroatoms. The molecular weight excluding hydrogens is 468 g/mol. The molecule has 2 rings (SSSR count). The van der Waals surface area contributed by atoms with E-state index in [0.29, 0.717) is 26.2 Å². The van der Waals surface area contributed by atoms with Gasteiger partial charge in [-0.3, -0.25) is 14.7 Å². The predicted molar refractivity (Wildman–Crippen MR) is 140 cm³/mol. The molecule has 0 radical (unpaired) electrons. The number of nitrogens with two attached hydrogens (primary N) is 4. The van der Waals surface area contributed by atoms with Gasteiger partial charge in [0, 0.05) is 13.1 Å². The lowest BCUT2D eigenvalue weighted by molar-refractivity contribution is 0.0995. The Kier molecular flexibility index (Phi) is 13.0. The standard InChI is InChI=1S/C24H37ClN8O2/c25-20-17-31-21(22(32-20)24(29)34)23(28)30-12-2-1-5-18-6-8-19(9-7-18)35-16-15-33(13-3-10-26)14-4-11-27/h6-9,17H,1-5,10-16,26-27H2,(H2,28,30)(H2,29,34). The molecule has 10 nitrogen and oxygen atoms in total. The molecule has 0 aliphatic heterocycles. The average Bonchev–Trinajstić information content (AvgIpc) is 2.85. The van der Waals surface area contributed by atoms with E-state index in [1.54, 1.807) is 0 Å². The molecule has 2 aromatic rings. The molecule has 0 aliphatic carbocycles. The summed E-state index contributed by atoms with van der Waals surface area (Å²) < 4.78 is 5.91. The minimum atomic E-state index is -0.754. The van der Waals surface area contributed by atoms with Gasteiger partial charge in [0.25, 0.3) is 5.91 Å². The van der Waals surface area contributed by atoms with Crippen molar-refractivity contribution in [3.05, 3.63) is 52.6 Å². The number of aryl methyl sites for hydroxylation is 1. The molecule has 0 fully saturated rings. The van der Waals surface area contributed by atoms with Crippen LogP contribution >= 0.6 is 11.6 Å². The number of amides is 1. The number of ether oxygens (including phenoxy) is 1. The Morgan fingerprint density at radius 3 is 2.29 bits per heavy atom. The zero-order chi connectivity index (χ0) is 25.5. The monoisotopic (exact) mass is 504 g/mol. The van der Waals surface area contributed by atoms with Crippen molar-refractivity contribution < 1.29 is 9.53 Å². The van der Waals surface area contributed by atoms with Crippen molar-refractivity contribution in [3.8, 4) is 5.75 Å². The quantitative estimate of drug-likeness (QED) is 0.142. The minimum absolute atomic E-state index is 0.0683. The van der Waals surface area contributed by atoms with Gasteiger partial charge >= 0.3 is 0 Å². The Morgan fingerprint density at radius 1 is 0.971 bits per heavy atom. The Hall–Kier alpha value is -2.79. The topological polar surface area (TPSA) is 172 Å². The van der Waals surface area contributed by atoms with E-state index in [0.717, 1.165) is 57.5 Å². The molecule has 192 valence electrons. The highest BCUT2D eigenvalue weighted by Gasteiger charge is 2.15. The first-order valence-electron chi connectivity index (χ1n) is 11.9. The number of carbonyl (C=O) groups is 1. The van der Waals surface area contributed by atoms with Crippen molar-refractivity contribution in [1.29, 1.82) is 0 Å². The lowest BCUT2D eigenvalue weighted by atomic mass is 10.1. The van der Waals surface area contributed by atoms with Gasteiger partial charge in [0.05, 0.1) is 6.20 Å². The van der Waals surface area contributed by atoms with Crippen molar-refractivity contribution in [1.82, 2.24) is 14.9 Å². The van der Waals surface area contributed by atoms with E-state index < -0.39 is 5.91 Å². The zero-order valence-electron chi connectivity index (χ0n) is 20.2. The Morgan fingerprint density at radius 2 is 1.66 bits per heavy atom. The molecule has 1 aromatic heterocycles. The van der Waals surface area contributed by atoms with Crippen LogP contribution in [0.1, 0.15) is 47.4 Å². The molecule has 0 unspecified atom stereocenters. The van der Waals surface area contributed by atoms with Crippen LogP contribution in [0, 0.1) is 0 Å². The van der Waals surface area contributed by atoms with Crippen LogP contribution in [-0.2, 0) is 6.42 Å². The van der Waals surface area contributed by atoms with Crippen LogP contribution in [-0.4, -0.2) is 72.5 Å². The summed E-state index contributed by atoms with van der Waals surface area (Å²) in [6.45, 7) is 5.29. The number of nitrogens with zero attached hydrogens (tertiary/aromatic N) is 4. The van der Waals surface area contributed by atoms with Crippen molar-refractivity contribution in [3.63, 3.8) is 0 Å². The maximum atomic E-state index is 11.5. The van der Waals surface area contributed by atoms with E-state index in [-0.39, 0.29) is 22.4 Å². The number of amidine groups is 1. The van der Waals surface area contributed by atoms with Gasteiger partial charge in [-0.15, -0.1) is 0 Å². The summed E-state index contributed by atoms with van der Waals surface area (Å²) in [5.74, 6) is 0.225. The molecule has 35 heavy (non-hydrogen) atoms. The fourth-order valence-corrected chi connectivity index (χ4v) is 3.59. The third kappa shape index (κ3) is 10.6. The number of hydrogen-bond donors (Lipinski definition) is 4. The normalized spacial score (nSPS) is 11.7. The average molecular weight is 505 g/mol. The van der Waals surface area contributed by atoms with Gasteiger partial charge in [-0.05, 0) is 76.0 Å². The van der Waals surface area contributed by atoms with Crippen LogP contribution in [0.25, 0.3) is 0 Å². The van der Waals surface area contributed by atoms with Crippen LogP contribution in [0.5, 0.6) is 5.75 Å². The Bertz CT molecular complexity index is 932. The number of unbranched alkanes of at least 4 members (excludes halogenated alkanes) is 1. The molecule has 1 heterocycles. The second-order valence-electron chi connectivity index (χ2n) is 8.10. The fourth-order valence-electron chi connectivity index (χ4n) is 3.45. The Balaban J connectivity index is 1.73. The van der Waals surface area contributed by atoms with E-state index in [2.05, 4.69) is 32.0 Å². The Labute approximate surface area is 212 Å². The first-order chi connectivity index (χ1) is 16.9. The number of aliphatic imine (C=N–C) groups is 1. The summed E-state index contributed by atoms with van der Waals surface area (Å²) in [7, 11) is 0. The van der Waals surface area contributed by atoms with E-state index in [1.807, 2.05) is 12.1 Å². The van der Waals surface area contributed by atoms with Gasteiger partial charge in [-0.1, -0.05) is 23.7 Å². The number of aromatic nitrogens is 2. The molecule has 0 saturated carbocycles. The molecule has 0 aliphatic rings. The fraction of sp³-hybridized carbons (Fsp3) is 0.500. The third-order valence-electron chi connectivity index (χ3n) is 5.33. The number of rotatable bonds is 17. The van der Waals surface area contributed by atoms with Gasteiger partial charge in [0.2, 0.25) is 0 Å². The molecule has 0 spiro atoms. The predicted octanol–water partition coefficient (Wildman–Crippen LogP) is 1.34. The second-order valence-corrected chi connectivity index (χ2v) is 8.48. The van der Waals surface area contributed by atoms with E-state index in [1.165, 1.54) is 11.8 Å². The van der Waals surface area contributed by atoms with E-state index >= 15 is 0 Å². The van der Waals surface area contributed by atoms with Crippen LogP contribution < -0.4 is 27.7 Å². The first-order valence-corrected chi connectivity index (χ1v) is 12.3. The molecular formula is C24H37ClN8O2. The molecule has 1 amide bonds. The van der Waals surface area contributed by atoms with Gasteiger partial charge in [-0.2, -0.15) is 0 Å². The highest BCUT2D eigenvalue weighted by Crippen LogP contribution is 2.14. The second kappa shape index (κ2) is 16.0. The molecule has 1 aromatic carbocycles. The molecule has 0 saturated heterocycles. The lowest BCUT2D eigenvalue weighted by Crippen LogP contribution is -2.32. The largest absolute Gasteiger partial charge is 0.492 e. The van der Waals surface area contributed by atoms with Gasteiger partial charge in [0.1, 0.15) is 29.0 Å². The van der Waals surface area contributed by atoms with Crippen LogP contribution in [0.2, 0.25) is 5.15 Å². The van der Waals surface area contributed by atoms with Crippen LogP contribution in [0.4, 0.5) is 0 Å². The van der Waals surface area contributed by atoms with Crippen molar-refractivity contribution in [2.24, 2.45) is 27.9 Å². The minimum Gasteiger partial charge on any atom is -0.492 e. The SMILES string of the molecule is NCCCN(CCCN)CCOc1ccc(CCCCN=C(N)c2ncc(Cl)nc2C(N)=O)cc1. The number of benzene rings is 1. The number of hydrogen-bond acceptors (Lipinski definition) is 8. The van der Waals surface area contributed by atoms with E-state index in [9.17, 15) is 4.79 Å². The first kappa shape index (κ1) is 28.4. The lowest BCUT2D eigenvalue weighted by Gasteiger charge is -2.21.